The topological polar surface area (TPSA) is 84.7 Å². The lowest BCUT2D eigenvalue weighted by molar-refractivity contribution is 0.305. The summed E-state index contributed by atoms with van der Waals surface area (Å²) in [6, 6.07) is 7.50. The highest BCUT2D eigenvalue weighted by Crippen LogP contribution is 2.28. The lowest BCUT2D eigenvalue weighted by Gasteiger charge is -2.26. The second-order valence-corrected chi connectivity index (χ2v) is 9.70. The molecule has 1 aromatic carbocycles. The summed E-state index contributed by atoms with van der Waals surface area (Å²) in [5, 5.41) is 0. The molecule has 6 nitrogen and oxygen atoms in total. The van der Waals surface area contributed by atoms with E-state index in [1.165, 1.54) is 24.5 Å². The number of sulfonamides is 1. The zero-order valence-electron chi connectivity index (χ0n) is 12.6. The van der Waals surface area contributed by atoms with Gasteiger partial charge in [-0.25, -0.2) is 21.2 Å². The highest BCUT2D eigenvalue weighted by molar-refractivity contribution is 7.92. The van der Waals surface area contributed by atoms with Crippen LogP contribution < -0.4 is 0 Å². The normalized spacial score (nSPS) is 20.5. The van der Waals surface area contributed by atoms with Crippen molar-refractivity contribution >= 4 is 19.9 Å². The molecular weight excluding hydrogens is 357 g/mol. The monoisotopic (exact) mass is 373 g/mol. The minimum Gasteiger partial charge on any atom is -0.468 e. The van der Waals surface area contributed by atoms with Crippen molar-refractivity contribution in [1.29, 1.82) is 0 Å². The molecule has 1 fully saturated rings. The van der Waals surface area contributed by atoms with Crippen molar-refractivity contribution in [3.05, 3.63) is 54.2 Å². The molecule has 0 saturated carbocycles. The number of nitrogens with zero attached hydrogens (tertiary/aromatic N) is 1. The van der Waals surface area contributed by atoms with Crippen LogP contribution in [0.15, 0.2) is 52.0 Å². The van der Waals surface area contributed by atoms with Crippen LogP contribution in [0.25, 0.3) is 0 Å². The molecule has 9 heteroatoms. The Morgan fingerprint density at radius 3 is 2.54 bits per heavy atom. The Kier molecular flexibility index (Phi) is 4.50. The zero-order chi connectivity index (χ0) is 17.4. The van der Waals surface area contributed by atoms with E-state index in [-0.39, 0.29) is 24.5 Å². The Morgan fingerprint density at radius 2 is 1.96 bits per heavy atom. The maximum absolute atomic E-state index is 14.0. The van der Waals surface area contributed by atoms with Gasteiger partial charge in [0.05, 0.1) is 24.3 Å². The Labute approximate surface area is 139 Å². The van der Waals surface area contributed by atoms with Crippen LogP contribution in [0, 0.1) is 5.82 Å². The first kappa shape index (κ1) is 17.1. The highest BCUT2D eigenvalue weighted by atomic mass is 32.2. The molecular formula is C15H16FNO5S2. The number of hydrogen-bond donors (Lipinski definition) is 0. The van der Waals surface area contributed by atoms with Gasteiger partial charge in [0, 0.05) is 6.04 Å². The van der Waals surface area contributed by atoms with E-state index in [1.807, 2.05) is 0 Å². The molecule has 0 amide bonds. The fourth-order valence-corrected chi connectivity index (χ4v) is 6.26. The summed E-state index contributed by atoms with van der Waals surface area (Å²) in [4.78, 5) is -0.471. The van der Waals surface area contributed by atoms with E-state index in [0.717, 1.165) is 10.4 Å². The predicted molar refractivity (Wildman–Crippen MR) is 84.9 cm³/mol. The first-order valence-corrected chi connectivity index (χ1v) is 10.5. The van der Waals surface area contributed by atoms with Crippen LogP contribution in [0.5, 0.6) is 0 Å². The smallest absolute Gasteiger partial charge is 0.246 e. The van der Waals surface area contributed by atoms with Gasteiger partial charge in [0.25, 0.3) is 0 Å². The first-order valence-electron chi connectivity index (χ1n) is 7.29. The molecule has 0 bridgehead atoms. The Bertz CT molecular complexity index is 923. The van der Waals surface area contributed by atoms with Gasteiger partial charge < -0.3 is 4.42 Å². The van der Waals surface area contributed by atoms with E-state index in [9.17, 15) is 21.2 Å². The molecule has 0 N–H and O–H groups in total. The minimum atomic E-state index is -4.21. The summed E-state index contributed by atoms with van der Waals surface area (Å²) in [5.41, 5.74) is 0. The molecule has 3 rings (SSSR count). The number of furan rings is 1. The van der Waals surface area contributed by atoms with Gasteiger partial charge in [0.2, 0.25) is 10.0 Å². The lowest BCUT2D eigenvalue weighted by Crippen LogP contribution is -2.40. The molecule has 130 valence electrons. The van der Waals surface area contributed by atoms with E-state index in [1.54, 1.807) is 12.1 Å². The maximum Gasteiger partial charge on any atom is 0.246 e. The molecule has 0 unspecified atom stereocenters. The molecule has 0 radical (unpaired) electrons. The van der Waals surface area contributed by atoms with Crippen molar-refractivity contribution in [2.45, 2.75) is 23.9 Å². The molecule has 1 atom stereocenters. The van der Waals surface area contributed by atoms with Crippen LogP contribution in [0.1, 0.15) is 12.2 Å². The van der Waals surface area contributed by atoms with Gasteiger partial charge in [-0.1, -0.05) is 12.1 Å². The summed E-state index contributed by atoms with van der Waals surface area (Å²) in [6.45, 7) is -0.149. The van der Waals surface area contributed by atoms with Crippen LogP contribution in [-0.4, -0.2) is 38.7 Å². The van der Waals surface area contributed by atoms with Crippen molar-refractivity contribution in [3.63, 3.8) is 0 Å². The van der Waals surface area contributed by atoms with Gasteiger partial charge in [-0.3, -0.25) is 0 Å². The third-order valence-corrected chi connectivity index (χ3v) is 7.61. The van der Waals surface area contributed by atoms with Gasteiger partial charge in [0.15, 0.2) is 9.84 Å². The molecule has 2 heterocycles. The largest absolute Gasteiger partial charge is 0.468 e. The Morgan fingerprint density at radius 1 is 1.21 bits per heavy atom. The van der Waals surface area contributed by atoms with E-state index in [4.69, 9.17) is 4.42 Å². The van der Waals surface area contributed by atoms with Crippen molar-refractivity contribution in [2.75, 3.05) is 11.5 Å². The average molecular weight is 373 g/mol. The summed E-state index contributed by atoms with van der Waals surface area (Å²) < 4.78 is 69.6. The van der Waals surface area contributed by atoms with Gasteiger partial charge >= 0.3 is 0 Å². The molecule has 0 spiro atoms. The number of sulfone groups is 1. The van der Waals surface area contributed by atoms with Crippen molar-refractivity contribution < 1.29 is 25.6 Å². The Balaban J connectivity index is 2.02. The molecule has 1 aliphatic rings. The van der Waals surface area contributed by atoms with Crippen LogP contribution in [0.2, 0.25) is 0 Å². The highest BCUT2D eigenvalue weighted by Gasteiger charge is 2.40. The van der Waals surface area contributed by atoms with Crippen LogP contribution in [0.3, 0.4) is 0 Å². The second kappa shape index (κ2) is 6.30. The fraction of sp³-hybridized carbons (Fsp3) is 0.333. The molecule has 2 aromatic rings. The van der Waals surface area contributed by atoms with Crippen molar-refractivity contribution in [3.8, 4) is 0 Å². The SMILES string of the molecule is O=S1(=O)CC[C@H](N(Cc2ccco2)S(=O)(=O)c2ccccc2F)C1. The quantitative estimate of drug-likeness (QED) is 0.798. The summed E-state index contributed by atoms with van der Waals surface area (Å²) in [7, 11) is -7.51. The molecule has 1 aliphatic heterocycles. The van der Waals surface area contributed by atoms with E-state index >= 15 is 0 Å². The third-order valence-electron chi connectivity index (χ3n) is 3.93. The van der Waals surface area contributed by atoms with Crippen LogP contribution >= 0.6 is 0 Å². The van der Waals surface area contributed by atoms with Crippen molar-refractivity contribution in [1.82, 2.24) is 4.31 Å². The zero-order valence-corrected chi connectivity index (χ0v) is 14.3. The number of hydrogen-bond acceptors (Lipinski definition) is 5. The number of rotatable bonds is 5. The second-order valence-electron chi connectivity index (χ2n) is 5.62. The van der Waals surface area contributed by atoms with Crippen LogP contribution in [-0.2, 0) is 26.4 Å². The summed E-state index contributed by atoms with van der Waals surface area (Å²) >= 11 is 0. The van der Waals surface area contributed by atoms with Crippen LogP contribution in [0.4, 0.5) is 4.39 Å². The standard InChI is InChI=1S/C15H16FNO5S2/c16-14-5-1-2-6-15(14)24(20,21)17(10-13-4-3-8-22-13)12-7-9-23(18,19)11-12/h1-6,8,12H,7,9-11H2/t12-/m0/s1. The lowest BCUT2D eigenvalue weighted by atomic mass is 10.2. The molecule has 24 heavy (non-hydrogen) atoms. The Hall–Kier alpha value is -1.71. The molecule has 1 saturated heterocycles. The average Bonchev–Trinajstić information content (AvgIpc) is 3.14. The third kappa shape index (κ3) is 3.38. The van der Waals surface area contributed by atoms with Gasteiger partial charge in [-0.15, -0.1) is 0 Å². The van der Waals surface area contributed by atoms with Crippen molar-refractivity contribution in [2.24, 2.45) is 0 Å². The first-order chi connectivity index (χ1) is 11.3. The maximum atomic E-state index is 14.0. The fourth-order valence-electron chi connectivity index (χ4n) is 2.75. The molecule has 0 aliphatic carbocycles. The number of benzene rings is 1. The van der Waals surface area contributed by atoms with Gasteiger partial charge in [-0.05, 0) is 30.7 Å². The van der Waals surface area contributed by atoms with E-state index in [2.05, 4.69) is 0 Å². The predicted octanol–water partition coefficient (Wildman–Crippen LogP) is 1.80. The molecule has 1 aromatic heterocycles. The van der Waals surface area contributed by atoms with Gasteiger partial charge in [0.1, 0.15) is 16.5 Å². The minimum absolute atomic E-state index is 0.0842. The summed E-state index contributed by atoms with van der Waals surface area (Å²) in [6.07, 6.45) is 1.57. The van der Waals surface area contributed by atoms with E-state index in [0.29, 0.717) is 5.76 Å². The van der Waals surface area contributed by atoms with E-state index < -0.39 is 36.6 Å². The summed E-state index contributed by atoms with van der Waals surface area (Å²) in [5.74, 6) is -0.873. The number of halogens is 1. The van der Waals surface area contributed by atoms with Gasteiger partial charge in [-0.2, -0.15) is 4.31 Å².